The van der Waals surface area contributed by atoms with Crippen LogP contribution in [0.4, 0.5) is 15.9 Å². The van der Waals surface area contributed by atoms with Crippen molar-refractivity contribution in [1.29, 1.82) is 5.26 Å². The second-order valence-corrected chi connectivity index (χ2v) is 7.60. The average molecular weight is 392 g/mol. The fourth-order valence-corrected chi connectivity index (χ4v) is 4.06. The Labute approximate surface area is 170 Å². The topological polar surface area (TPSA) is 61.0 Å². The maximum Gasteiger partial charge on any atom is 0.134 e. The highest BCUT2D eigenvalue weighted by Crippen LogP contribution is 2.32. The van der Waals surface area contributed by atoms with E-state index in [0.717, 1.165) is 40.1 Å². The Balaban J connectivity index is 1.66. The molecule has 2 aromatic heterocycles. The molecule has 0 bridgehead atoms. The first-order valence-corrected chi connectivity index (χ1v) is 9.93. The number of aryl methyl sites for hydroxylation is 2. The van der Waals surface area contributed by atoms with Crippen LogP contribution in [-0.4, -0.2) is 45.7 Å². The van der Waals surface area contributed by atoms with Crippen molar-refractivity contribution < 1.29 is 4.39 Å². The number of alkyl halides is 1. The van der Waals surface area contributed by atoms with Gasteiger partial charge in [-0.05, 0) is 30.0 Å². The minimum absolute atomic E-state index is 0.329. The van der Waals surface area contributed by atoms with E-state index in [2.05, 4.69) is 33.9 Å². The number of nitriles is 1. The number of fused-ring (bicyclic) bond motifs is 1. The molecular weight excluding hydrogens is 367 g/mol. The van der Waals surface area contributed by atoms with E-state index >= 15 is 0 Å². The van der Waals surface area contributed by atoms with Crippen molar-refractivity contribution in [1.82, 2.24) is 19.4 Å². The zero-order chi connectivity index (χ0) is 20.5. The predicted molar refractivity (Wildman–Crippen MR) is 112 cm³/mol. The monoisotopic (exact) mass is 392 g/mol. The van der Waals surface area contributed by atoms with Crippen molar-refractivity contribution in [3.63, 3.8) is 0 Å². The lowest BCUT2D eigenvalue weighted by Crippen LogP contribution is -2.26. The number of likely N-dealkylation sites (tertiary alicyclic amines) is 1. The standard InChI is InChI=1S/C22H25FN6/c1-4-15-9-16(21(11-24)29-8-7-17(23)13-29)5-6-19(15)28(3)22-10-20-18(12-25-22)26-14-27(20)2/h5-6,9-10,12,14,17,21H,4,7-8,13H2,1-3H3. The van der Waals surface area contributed by atoms with E-state index in [0.29, 0.717) is 19.5 Å². The van der Waals surface area contributed by atoms with Gasteiger partial charge < -0.3 is 9.47 Å². The van der Waals surface area contributed by atoms with Crippen LogP contribution in [0.2, 0.25) is 0 Å². The highest BCUT2D eigenvalue weighted by molar-refractivity contribution is 5.79. The second-order valence-electron chi connectivity index (χ2n) is 7.60. The molecule has 7 heteroatoms. The number of hydrogen-bond donors (Lipinski definition) is 0. The lowest BCUT2D eigenvalue weighted by molar-refractivity contribution is 0.258. The molecule has 4 rings (SSSR count). The van der Waals surface area contributed by atoms with Crippen molar-refractivity contribution in [2.45, 2.75) is 32.0 Å². The first kappa shape index (κ1) is 19.3. The second kappa shape index (κ2) is 7.80. The molecule has 1 aromatic carbocycles. The highest BCUT2D eigenvalue weighted by atomic mass is 19.1. The van der Waals surface area contributed by atoms with Gasteiger partial charge in [-0.15, -0.1) is 0 Å². The summed E-state index contributed by atoms with van der Waals surface area (Å²) in [6, 6.07) is 10.1. The largest absolute Gasteiger partial charge is 0.334 e. The summed E-state index contributed by atoms with van der Waals surface area (Å²) in [5, 5.41) is 9.71. The Morgan fingerprint density at radius 1 is 1.34 bits per heavy atom. The van der Waals surface area contributed by atoms with Gasteiger partial charge in [0.05, 0.1) is 24.1 Å². The maximum atomic E-state index is 13.6. The molecule has 3 heterocycles. The molecule has 3 aromatic rings. The molecule has 1 saturated heterocycles. The zero-order valence-electron chi connectivity index (χ0n) is 17.0. The minimum atomic E-state index is -0.838. The molecule has 2 atom stereocenters. The number of pyridine rings is 1. The molecule has 0 N–H and O–H groups in total. The van der Waals surface area contributed by atoms with Gasteiger partial charge in [0.2, 0.25) is 0 Å². The summed E-state index contributed by atoms with van der Waals surface area (Å²) in [6.45, 7) is 3.05. The van der Waals surface area contributed by atoms with Gasteiger partial charge in [0.15, 0.2) is 0 Å². The molecule has 29 heavy (non-hydrogen) atoms. The zero-order valence-corrected chi connectivity index (χ0v) is 17.0. The van der Waals surface area contributed by atoms with Gasteiger partial charge in [-0.1, -0.05) is 19.1 Å². The molecule has 0 amide bonds. The Hall–Kier alpha value is -2.98. The van der Waals surface area contributed by atoms with Crippen molar-refractivity contribution in [3.8, 4) is 6.07 Å². The SMILES string of the molecule is CCc1cc(C(C#N)N2CCC(F)C2)ccc1N(C)c1cc2c(cn1)ncn2C. The van der Waals surface area contributed by atoms with E-state index in [4.69, 9.17) is 0 Å². The molecule has 0 spiro atoms. The lowest BCUT2D eigenvalue weighted by Gasteiger charge is -2.25. The van der Waals surface area contributed by atoms with Crippen molar-refractivity contribution in [3.05, 3.63) is 47.9 Å². The molecule has 1 aliphatic rings. The van der Waals surface area contributed by atoms with Gasteiger partial charge in [-0.2, -0.15) is 5.26 Å². The lowest BCUT2D eigenvalue weighted by atomic mass is 10.00. The Kier molecular flexibility index (Phi) is 5.20. The summed E-state index contributed by atoms with van der Waals surface area (Å²) in [6.07, 6.45) is 4.06. The van der Waals surface area contributed by atoms with Crippen LogP contribution < -0.4 is 4.90 Å². The van der Waals surface area contributed by atoms with E-state index in [9.17, 15) is 9.65 Å². The number of hydrogen-bond acceptors (Lipinski definition) is 5. The molecule has 1 fully saturated rings. The van der Waals surface area contributed by atoms with Gasteiger partial charge in [0, 0.05) is 38.9 Å². The quantitative estimate of drug-likeness (QED) is 0.659. The van der Waals surface area contributed by atoms with Crippen LogP contribution in [0.25, 0.3) is 11.0 Å². The summed E-state index contributed by atoms with van der Waals surface area (Å²) in [7, 11) is 3.96. The third-order valence-corrected chi connectivity index (χ3v) is 5.75. The summed E-state index contributed by atoms with van der Waals surface area (Å²) in [5.74, 6) is 0.834. The summed E-state index contributed by atoms with van der Waals surface area (Å²) >= 11 is 0. The number of anilines is 2. The summed E-state index contributed by atoms with van der Waals surface area (Å²) in [4.78, 5) is 12.9. The maximum absolute atomic E-state index is 13.6. The van der Waals surface area contributed by atoms with Gasteiger partial charge in [0.25, 0.3) is 0 Å². The van der Waals surface area contributed by atoms with E-state index in [-0.39, 0.29) is 0 Å². The van der Waals surface area contributed by atoms with Crippen LogP contribution in [0.1, 0.15) is 30.5 Å². The minimum Gasteiger partial charge on any atom is -0.334 e. The highest BCUT2D eigenvalue weighted by Gasteiger charge is 2.29. The Morgan fingerprint density at radius 3 is 2.86 bits per heavy atom. The van der Waals surface area contributed by atoms with Gasteiger partial charge in [0.1, 0.15) is 23.5 Å². The van der Waals surface area contributed by atoms with Gasteiger partial charge in [-0.25, -0.2) is 14.4 Å². The number of aromatic nitrogens is 3. The van der Waals surface area contributed by atoms with Crippen LogP contribution in [-0.2, 0) is 13.5 Å². The van der Waals surface area contributed by atoms with Crippen LogP contribution in [0.3, 0.4) is 0 Å². The molecule has 6 nitrogen and oxygen atoms in total. The number of imidazole rings is 1. The van der Waals surface area contributed by atoms with Crippen molar-refractivity contribution in [2.24, 2.45) is 7.05 Å². The van der Waals surface area contributed by atoms with Crippen molar-refractivity contribution in [2.75, 3.05) is 25.0 Å². The summed E-state index contributed by atoms with van der Waals surface area (Å²) in [5.41, 5.74) is 4.99. The number of rotatable bonds is 5. The normalized spacial score (nSPS) is 18.1. The number of nitrogens with zero attached hydrogens (tertiary/aromatic N) is 6. The first-order valence-electron chi connectivity index (χ1n) is 9.93. The van der Waals surface area contributed by atoms with Crippen LogP contribution >= 0.6 is 0 Å². The van der Waals surface area contributed by atoms with E-state index < -0.39 is 12.2 Å². The van der Waals surface area contributed by atoms with Gasteiger partial charge in [-0.3, -0.25) is 4.90 Å². The van der Waals surface area contributed by atoms with Crippen LogP contribution in [0.15, 0.2) is 36.8 Å². The fraction of sp³-hybridized carbons (Fsp3) is 0.409. The fourth-order valence-electron chi connectivity index (χ4n) is 4.06. The molecule has 2 unspecified atom stereocenters. The first-order chi connectivity index (χ1) is 14.0. The van der Waals surface area contributed by atoms with Crippen LogP contribution in [0.5, 0.6) is 0 Å². The van der Waals surface area contributed by atoms with Crippen molar-refractivity contribution >= 4 is 22.5 Å². The number of halogens is 1. The summed E-state index contributed by atoms with van der Waals surface area (Å²) < 4.78 is 15.6. The van der Waals surface area contributed by atoms with E-state index in [1.54, 1.807) is 12.5 Å². The van der Waals surface area contributed by atoms with E-state index in [1.165, 1.54) is 0 Å². The molecule has 1 aliphatic heterocycles. The molecule has 0 radical (unpaired) electrons. The third kappa shape index (κ3) is 3.56. The van der Waals surface area contributed by atoms with E-state index in [1.807, 2.05) is 41.8 Å². The molecule has 0 aliphatic carbocycles. The third-order valence-electron chi connectivity index (χ3n) is 5.75. The predicted octanol–water partition coefficient (Wildman–Crippen LogP) is 3.91. The number of benzene rings is 1. The Bertz CT molecular complexity index is 1070. The molecule has 150 valence electrons. The smallest absolute Gasteiger partial charge is 0.134 e. The molecule has 0 saturated carbocycles. The van der Waals surface area contributed by atoms with Gasteiger partial charge >= 0.3 is 0 Å². The average Bonchev–Trinajstić information content (AvgIpc) is 3.33. The molecular formula is C22H25FN6. The van der Waals surface area contributed by atoms with Crippen LogP contribution in [0, 0.1) is 11.3 Å². The Morgan fingerprint density at radius 2 is 2.17 bits per heavy atom.